The molecule has 0 aliphatic heterocycles. The van der Waals surface area contributed by atoms with Gasteiger partial charge in [0.25, 0.3) is 0 Å². The van der Waals surface area contributed by atoms with Crippen molar-refractivity contribution in [3.63, 3.8) is 0 Å². The lowest BCUT2D eigenvalue weighted by Gasteiger charge is -2.35. The summed E-state index contributed by atoms with van der Waals surface area (Å²) in [7, 11) is 0. The van der Waals surface area contributed by atoms with Crippen LogP contribution in [0.5, 0.6) is 5.75 Å². The van der Waals surface area contributed by atoms with E-state index >= 15 is 0 Å². The van der Waals surface area contributed by atoms with Gasteiger partial charge in [0.1, 0.15) is 12.4 Å². The van der Waals surface area contributed by atoms with Crippen molar-refractivity contribution in [1.29, 1.82) is 0 Å². The Hall–Kier alpha value is -0.730. The lowest BCUT2D eigenvalue weighted by atomic mass is 9.73. The smallest absolute Gasteiger partial charge is 0.120 e. The maximum Gasteiger partial charge on any atom is 0.120 e. The second-order valence-corrected chi connectivity index (χ2v) is 6.40. The second-order valence-electron chi connectivity index (χ2n) is 5.96. The van der Waals surface area contributed by atoms with Gasteiger partial charge in [0, 0.05) is 11.1 Å². The van der Waals surface area contributed by atoms with Crippen LogP contribution in [0.15, 0.2) is 24.3 Å². The van der Waals surface area contributed by atoms with Gasteiger partial charge in [-0.1, -0.05) is 37.9 Å². The van der Waals surface area contributed by atoms with Crippen molar-refractivity contribution in [3.05, 3.63) is 29.3 Å². The van der Waals surface area contributed by atoms with Crippen LogP contribution in [0.1, 0.15) is 33.1 Å². The molecule has 2 rings (SSSR count). The highest BCUT2D eigenvalue weighted by atomic mass is 35.5. The van der Waals surface area contributed by atoms with Crippen molar-refractivity contribution in [2.75, 3.05) is 6.61 Å². The Kier molecular flexibility index (Phi) is 5.12. The van der Waals surface area contributed by atoms with Gasteiger partial charge in [-0.05, 0) is 48.8 Å². The number of benzene rings is 1. The van der Waals surface area contributed by atoms with Gasteiger partial charge in [0.2, 0.25) is 0 Å². The Morgan fingerprint density at radius 2 is 2.11 bits per heavy atom. The number of hydrogen-bond donors (Lipinski definition) is 1. The third-order valence-electron chi connectivity index (χ3n) is 4.48. The third-order valence-corrected chi connectivity index (χ3v) is 4.72. The van der Waals surface area contributed by atoms with Crippen LogP contribution in [0.3, 0.4) is 0 Å². The molecule has 1 aromatic rings. The summed E-state index contributed by atoms with van der Waals surface area (Å²) >= 11 is 5.93. The maximum atomic E-state index is 6.28. The molecule has 0 amide bonds. The summed E-state index contributed by atoms with van der Waals surface area (Å²) < 4.78 is 5.75. The molecule has 4 unspecified atom stereocenters. The minimum absolute atomic E-state index is 0.119. The Morgan fingerprint density at radius 3 is 2.79 bits per heavy atom. The van der Waals surface area contributed by atoms with Crippen LogP contribution in [-0.2, 0) is 0 Å². The van der Waals surface area contributed by atoms with Gasteiger partial charge >= 0.3 is 0 Å². The molecule has 0 spiro atoms. The molecule has 0 radical (unpaired) electrons. The van der Waals surface area contributed by atoms with E-state index in [0.717, 1.165) is 17.6 Å². The highest BCUT2D eigenvalue weighted by Crippen LogP contribution is 2.34. The quantitative estimate of drug-likeness (QED) is 0.901. The fourth-order valence-electron chi connectivity index (χ4n) is 2.86. The summed E-state index contributed by atoms with van der Waals surface area (Å²) in [4.78, 5) is 0. The van der Waals surface area contributed by atoms with E-state index in [4.69, 9.17) is 22.1 Å². The highest BCUT2D eigenvalue weighted by molar-refractivity contribution is 6.30. The van der Waals surface area contributed by atoms with Crippen molar-refractivity contribution in [1.82, 2.24) is 0 Å². The molecule has 1 aliphatic rings. The van der Waals surface area contributed by atoms with Crippen LogP contribution in [0, 0.1) is 17.8 Å². The molecule has 1 aromatic carbocycles. The molecule has 1 aliphatic carbocycles. The highest BCUT2D eigenvalue weighted by Gasteiger charge is 2.28. The predicted molar refractivity (Wildman–Crippen MR) is 80.6 cm³/mol. The lowest BCUT2D eigenvalue weighted by Crippen LogP contribution is -2.39. The first-order valence-corrected chi connectivity index (χ1v) is 7.58. The standard InChI is InChI=1S/C16H24ClNO/c1-11-6-7-13(8-12(11)2)16(18)10-19-15-5-3-4-14(17)9-15/h3-5,9,11-13,16H,6-8,10,18H2,1-2H3. The summed E-state index contributed by atoms with van der Waals surface area (Å²) in [6.45, 7) is 5.25. The first-order chi connectivity index (χ1) is 9.06. The molecule has 4 atom stereocenters. The van der Waals surface area contributed by atoms with Crippen molar-refractivity contribution in [3.8, 4) is 5.75 Å². The second kappa shape index (κ2) is 6.62. The molecule has 2 nitrogen and oxygen atoms in total. The van der Waals surface area contributed by atoms with Gasteiger partial charge in [-0.2, -0.15) is 0 Å². The van der Waals surface area contributed by atoms with Gasteiger partial charge in [-0.25, -0.2) is 0 Å². The van der Waals surface area contributed by atoms with Crippen molar-refractivity contribution in [2.45, 2.75) is 39.2 Å². The van der Waals surface area contributed by atoms with E-state index in [1.54, 1.807) is 0 Å². The Balaban J connectivity index is 1.83. The zero-order valence-electron chi connectivity index (χ0n) is 11.8. The first kappa shape index (κ1) is 14.7. The summed E-state index contributed by atoms with van der Waals surface area (Å²) in [5, 5.41) is 0.700. The maximum absolute atomic E-state index is 6.28. The van der Waals surface area contributed by atoms with Crippen molar-refractivity contribution >= 4 is 11.6 Å². The van der Waals surface area contributed by atoms with Gasteiger partial charge in [-0.3, -0.25) is 0 Å². The lowest BCUT2D eigenvalue weighted by molar-refractivity contribution is 0.155. The largest absolute Gasteiger partial charge is 0.492 e. The number of halogens is 1. The summed E-state index contributed by atoms with van der Waals surface area (Å²) in [6, 6.07) is 7.62. The van der Waals surface area contributed by atoms with E-state index < -0.39 is 0 Å². The summed E-state index contributed by atoms with van der Waals surface area (Å²) in [5.41, 5.74) is 6.28. The molecular weight excluding hydrogens is 258 g/mol. The first-order valence-electron chi connectivity index (χ1n) is 7.20. The van der Waals surface area contributed by atoms with E-state index in [2.05, 4.69) is 13.8 Å². The average Bonchev–Trinajstić information content (AvgIpc) is 2.39. The third kappa shape index (κ3) is 4.12. The van der Waals surface area contributed by atoms with E-state index in [9.17, 15) is 0 Å². The SMILES string of the molecule is CC1CCC(C(N)COc2cccc(Cl)c2)CC1C. The van der Waals surface area contributed by atoms with Crippen LogP contribution in [0.25, 0.3) is 0 Å². The number of ether oxygens (including phenoxy) is 1. The van der Waals surface area contributed by atoms with E-state index in [0.29, 0.717) is 17.5 Å². The topological polar surface area (TPSA) is 35.2 Å². The van der Waals surface area contributed by atoms with Gasteiger partial charge in [0.05, 0.1) is 0 Å². The normalized spacial score (nSPS) is 28.9. The Labute approximate surface area is 121 Å². The van der Waals surface area contributed by atoms with Crippen LogP contribution >= 0.6 is 11.6 Å². The zero-order valence-corrected chi connectivity index (χ0v) is 12.6. The van der Waals surface area contributed by atoms with Crippen LogP contribution in [0.4, 0.5) is 0 Å². The van der Waals surface area contributed by atoms with E-state index in [1.807, 2.05) is 24.3 Å². The molecule has 1 fully saturated rings. The molecule has 106 valence electrons. The molecule has 0 saturated heterocycles. The van der Waals surface area contributed by atoms with Crippen molar-refractivity contribution < 1.29 is 4.74 Å². The van der Waals surface area contributed by atoms with Gasteiger partial charge in [-0.15, -0.1) is 0 Å². The van der Waals surface area contributed by atoms with Gasteiger partial charge < -0.3 is 10.5 Å². The molecule has 2 N–H and O–H groups in total. The molecular formula is C16H24ClNO. The minimum Gasteiger partial charge on any atom is -0.492 e. The molecule has 0 bridgehead atoms. The molecule has 19 heavy (non-hydrogen) atoms. The number of rotatable bonds is 4. The fraction of sp³-hybridized carbons (Fsp3) is 0.625. The Bertz CT molecular complexity index is 409. The average molecular weight is 282 g/mol. The zero-order chi connectivity index (χ0) is 13.8. The van der Waals surface area contributed by atoms with Gasteiger partial charge in [0.15, 0.2) is 0 Å². The Morgan fingerprint density at radius 1 is 1.32 bits per heavy atom. The monoisotopic (exact) mass is 281 g/mol. The van der Waals surface area contributed by atoms with Crippen LogP contribution in [-0.4, -0.2) is 12.6 Å². The number of hydrogen-bond acceptors (Lipinski definition) is 2. The summed E-state index contributed by atoms with van der Waals surface area (Å²) in [5.74, 6) is 3.00. The molecule has 1 saturated carbocycles. The predicted octanol–water partition coefficient (Wildman–Crippen LogP) is 4.12. The van der Waals surface area contributed by atoms with Crippen LogP contribution in [0.2, 0.25) is 5.02 Å². The molecule has 3 heteroatoms. The molecule has 0 aromatic heterocycles. The number of nitrogens with two attached hydrogens (primary N) is 1. The molecule has 0 heterocycles. The van der Waals surface area contributed by atoms with E-state index in [1.165, 1.54) is 19.3 Å². The fourth-order valence-corrected chi connectivity index (χ4v) is 3.04. The minimum atomic E-state index is 0.119. The van der Waals surface area contributed by atoms with E-state index in [-0.39, 0.29) is 6.04 Å². The summed E-state index contributed by atoms with van der Waals surface area (Å²) in [6.07, 6.45) is 3.74. The van der Waals surface area contributed by atoms with Crippen LogP contribution < -0.4 is 10.5 Å². The van der Waals surface area contributed by atoms with Crippen molar-refractivity contribution in [2.24, 2.45) is 23.5 Å².